The highest BCUT2D eigenvalue weighted by atomic mass is 15.0. The van der Waals surface area contributed by atoms with Crippen LogP contribution in [0.1, 0.15) is 5.56 Å². The molecule has 4 heteroatoms. The van der Waals surface area contributed by atoms with Gasteiger partial charge in [-0.2, -0.15) is 5.26 Å². The second-order valence-electron chi connectivity index (χ2n) is 18.3. The van der Waals surface area contributed by atoms with Crippen molar-refractivity contribution in [1.82, 2.24) is 13.7 Å². The van der Waals surface area contributed by atoms with E-state index < -0.39 is 0 Å². The Labute approximate surface area is 410 Å². The third-order valence-corrected chi connectivity index (χ3v) is 14.5. The average molecular weight is 903 g/mol. The van der Waals surface area contributed by atoms with Crippen LogP contribution in [0.2, 0.25) is 0 Å². The van der Waals surface area contributed by atoms with Crippen molar-refractivity contribution >= 4 is 65.4 Å². The zero-order valence-corrected chi connectivity index (χ0v) is 38.5. The van der Waals surface area contributed by atoms with Gasteiger partial charge in [-0.15, -0.1) is 0 Å². The molecule has 3 aromatic heterocycles. The molecule has 4 nitrogen and oxygen atoms in total. The molecule has 0 aliphatic rings. The van der Waals surface area contributed by atoms with Gasteiger partial charge in [0.15, 0.2) is 0 Å². The van der Waals surface area contributed by atoms with Crippen molar-refractivity contribution in [2.24, 2.45) is 0 Å². The number of para-hydroxylation sites is 4. The second-order valence-corrected chi connectivity index (χ2v) is 18.3. The molecule has 0 atom stereocenters. The lowest BCUT2D eigenvalue weighted by Crippen LogP contribution is -2.07. The van der Waals surface area contributed by atoms with E-state index in [1.54, 1.807) is 0 Å². The first-order chi connectivity index (χ1) is 35.2. The Bertz CT molecular complexity index is 4280. The summed E-state index contributed by atoms with van der Waals surface area (Å²) in [5.74, 6) is 0. The molecule has 0 aliphatic carbocycles. The molecule has 0 radical (unpaired) electrons. The van der Waals surface area contributed by atoms with Gasteiger partial charge in [0, 0.05) is 65.9 Å². The highest BCUT2D eigenvalue weighted by molar-refractivity contribution is 6.16. The van der Waals surface area contributed by atoms with Crippen LogP contribution < -0.4 is 0 Å². The van der Waals surface area contributed by atoms with Crippen molar-refractivity contribution in [2.75, 3.05) is 0 Å². The summed E-state index contributed by atoms with van der Waals surface area (Å²) in [7, 11) is 0. The monoisotopic (exact) mass is 902 g/mol. The van der Waals surface area contributed by atoms with Gasteiger partial charge in [0.2, 0.25) is 0 Å². The molecule has 0 saturated heterocycles. The topological polar surface area (TPSA) is 38.6 Å². The Morgan fingerprint density at radius 2 is 0.535 bits per heavy atom. The van der Waals surface area contributed by atoms with Gasteiger partial charge >= 0.3 is 0 Å². The van der Waals surface area contributed by atoms with Crippen LogP contribution in [0.25, 0.3) is 127 Å². The van der Waals surface area contributed by atoms with E-state index in [9.17, 15) is 5.26 Å². The largest absolute Gasteiger partial charge is 0.309 e. The lowest BCUT2D eigenvalue weighted by molar-refractivity contribution is 1.16. The summed E-state index contributed by atoms with van der Waals surface area (Å²) in [5.41, 5.74) is 18.5. The molecule has 0 aliphatic heterocycles. The van der Waals surface area contributed by atoms with Crippen LogP contribution in [0.3, 0.4) is 0 Å². The summed E-state index contributed by atoms with van der Waals surface area (Å²) in [4.78, 5) is 0. The molecular formula is C67H42N4. The van der Waals surface area contributed by atoms with Crippen LogP contribution in [-0.2, 0) is 0 Å². The van der Waals surface area contributed by atoms with E-state index in [-0.39, 0.29) is 0 Å². The summed E-state index contributed by atoms with van der Waals surface area (Å²) in [5, 5.41) is 18.8. The number of fused-ring (bicyclic) bond motifs is 9. The molecular weight excluding hydrogens is 861 g/mol. The third-order valence-electron chi connectivity index (χ3n) is 14.5. The van der Waals surface area contributed by atoms with Gasteiger partial charge in [0.05, 0.1) is 44.4 Å². The highest BCUT2D eigenvalue weighted by Gasteiger charge is 2.30. The molecule has 0 fully saturated rings. The molecule has 0 amide bonds. The van der Waals surface area contributed by atoms with E-state index in [2.05, 4.69) is 262 Å². The van der Waals surface area contributed by atoms with Crippen LogP contribution in [-0.4, -0.2) is 13.7 Å². The quantitative estimate of drug-likeness (QED) is 0.157. The zero-order chi connectivity index (χ0) is 47.0. The van der Waals surface area contributed by atoms with Crippen molar-refractivity contribution in [3.05, 3.63) is 260 Å². The summed E-state index contributed by atoms with van der Waals surface area (Å²) < 4.78 is 7.31. The standard InChI is InChI=1S/C67H42N4/c68-43-56-63(44-21-5-1-6-22-44)65(46-25-9-3-10-26-46)67(66(47-27-11-4-12-28-47)64(56)45-23-7-2-8-24-45)71-60-36-20-16-32-53(60)55-42-49(38-40-62(55)71)70-59-35-19-15-31-52(59)54-41-48(37-39-61(54)70)69-57-33-17-13-29-50(57)51-30-14-18-34-58(51)69/h1-42H. The van der Waals surface area contributed by atoms with Gasteiger partial charge in [0.1, 0.15) is 6.07 Å². The molecule has 14 rings (SSSR count). The molecule has 71 heavy (non-hydrogen) atoms. The predicted octanol–water partition coefficient (Wildman–Crippen LogP) is 17.5. The maximum atomic E-state index is 11.6. The molecule has 0 saturated carbocycles. The van der Waals surface area contributed by atoms with Gasteiger partial charge in [-0.05, 0) is 82.9 Å². The molecule has 0 N–H and O–H groups in total. The first-order valence-electron chi connectivity index (χ1n) is 24.2. The Kier molecular flexibility index (Phi) is 9.23. The maximum absolute atomic E-state index is 11.6. The number of rotatable bonds is 7. The number of nitriles is 1. The molecule has 11 aromatic carbocycles. The minimum atomic E-state index is 0.639. The van der Waals surface area contributed by atoms with E-state index in [0.717, 1.165) is 94.4 Å². The minimum Gasteiger partial charge on any atom is -0.309 e. The van der Waals surface area contributed by atoms with E-state index in [1.165, 1.54) is 32.6 Å². The van der Waals surface area contributed by atoms with Crippen LogP contribution >= 0.6 is 0 Å². The zero-order valence-electron chi connectivity index (χ0n) is 38.5. The Hall–Kier alpha value is -9.69. The van der Waals surface area contributed by atoms with Crippen molar-refractivity contribution in [1.29, 1.82) is 5.26 Å². The Morgan fingerprint density at radius 1 is 0.254 bits per heavy atom. The Morgan fingerprint density at radius 3 is 0.901 bits per heavy atom. The molecule has 14 aromatic rings. The number of aromatic nitrogens is 3. The number of hydrogen-bond acceptors (Lipinski definition) is 1. The summed E-state index contributed by atoms with van der Waals surface area (Å²) >= 11 is 0. The van der Waals surface area contributed by atoms with Crippen molar-refractivity contribution in [3.63, 3.8) is 0 Å². The molecule has 0 bridgehead atoms. The number of benzene rings is 11. The predicted molar refractivity (Wildman–Crippen MR) is 296 cm³/mol. The fourth-order valence-electron chi connectivity index (χ4n) is 11.6. The van der Waals surface area contributed by atoms with Gasteiger partial charge in [-0.3, -0.25) is 0 Å². The summed E-state index contributed by atoms with van der Waals surface area (Å²) in [6, 6.07) is 93.9. The summed E-state index contributed by atoms with van der Waals surface area (Å²) in [6.45, 7) is 0. The first kappa shape index (κ1) is 40.4. The van der Waals surface area contributed by atoms with Crippen LogP contribution in [0.15, 0.2) is 255 Å². The minimum absolute atomic E-state index is 0.639. The summed E-state index contributed by atoms with van der Waals surface area (Å²) in [6.07, 6.45) is 0. The van der Waals surface area contributed by atoms with Crippen molar-refractivity contribution in [3.8, 4) is 67.6 Å². The Balaban J connectivity index is 1.08. The van der Waals surface area contributed by atoms with E-state index in [0.29, 0.717) is 5.56 Å². The average Bonchev–Trinajstić information content (AvgIpc) is 4.09. The molecule has 0 spiro atoms. The molecule has 330 valence electrons. The van der Waals surface area contributed by atoms with Crippen LogP contribution in [0, 0.1) is 11.3 Å². The lowest BCUT2D eigenvalue weighted by Gasteiger charge is -2.27. The molecule has 3 heterocycles. The van der Waals surface area contributed by atoms with Gasteiger partial charge in [-0.1, -0.05) is 194 Å². The van der Waals surface area contributed by atoms with Crippen LogP contribution in [0.5, 0.6) is 0 Å². The highest BCUT2D eigenvalue weighted by Crippen LogP contribution is 2.52. The number of nitrogens with zero attached hydrogens (tertiary/aromatic N) is 4. The third kappa shape index (κ3) is 6.17. The normalized spacial score (nSPS) is 11.6. The van der Waals surface area contributed by atoms with Gasteiger partial charge in [-0.25, -0.2) is 0 Å². The lowest BCUT2D eigenvalue weighted by atomic mass is 9.79. The van der Waals surface area contributed by atoms with Crippen LogP contribution in [0.4, 0.5) is 0 Å². The smallest absolute Gasteiger partial charge is 0.100 e. The van der Waals surface area contributed by atoms with Gasteiger partial charge in [0.25, 0.3) is 0 Å². The van der Waals surface area contributed by atoms with Crippen molar-refractivity contribution in [2.45, 2.75) is 0 Å². The van der Waals surface area contributed by atoms with Crippen molar-refractivity contribution < 1.29 is 0 Å². The first-order valence-corrected chi connectivity index (χ1v) is 24.2. The molecule has 0 unspecified atom stereocenters. The number of hydrogen-bond donors (Lipinski definition) is 0. The fraction of sp³-hybridized carbons (Fsp3) is 0. The van der Waals surface area contributed by atoms with E-state index >= 15 is 0 Å². The fourth-order valence-corrected chi connectivity index (χ4v) is 11.6. The second kappa shape index (κ2) is 16.2. The van der Waals surface area contributed by atoms with Gasteiger partial charge < -0.3 is 13.7 Å². The van der Waals surface area contributed by atoms with E-state index in [1.807, 2.05) is 12.1 Å². The van der Waals surface area contributed by atoms with E-state index in [4.69, 9.17) is 0 Å². The maximum Gasteiger partial charge on any atom is 0.100 e. The SMILES string of the molecule is N#Cc1c(-c2ccccc2)c(-c2ccccc2)c(-n2c3ccccc3c3cc(-n4c5ccccc5c5cc(-n6c7ccccc7c7ccccc76)ccc54)ccc32)c(-c2ccccc2)c1-c1ccccc1.